The highest BCUT2D eigenvalue weighted by Crippen LogP contribution is 2.01. The summed E-state index contributed by atoms with van der Waals surface area (Å²) in [5.41, 5.74) is 1.95. The molecule has 1 rings (SSSR count). The van der Waals surface area contributed by atoms with Gasteiger partial charge in [0.1, 0.15) is 0 Å². The number of nitrogens with zero attached hydrogens (tertiary/aromatic N) is 2. The summed E-state index contributed by atoms with van der Waals surface area (Å²) in [6, 6.07) is 7.63. The third-order valence-electron chi connectivity index (χ3n) is 1.60. The highest BCUT2D eigenvalue weighted by atomic mass is 16.3. The second-order valence-electron chi connectivity index (χ2n) is 2.99. The second-order valence-corrected chi connectivity index (χ2v) is 2.99. The van der Waals surface area contributed by atoms with Gasteiger partial charge in [0, 0.05) is 14.1 Å². The molecule has 0 spiro atoms. The molecule has 0 heterocycles. The van der Waals surface area contributed by atoms with Crippen molar-refractivity contribution >= 4 is 6.21 Å². The predicted molar refractivity (Wildman–Crippen MR) is 53.6 cm³/mol. The van der Waals surface area contributed by atoms with Crippen molar-refractivity contribution in [2.45, 2.75) is 6.61 Å². The van der Waals surface area contributed by atoms with Crippen LogP contribution in [-0.2, 0) is 6.61 Å². The lowest BCUT2D eigenvalue weighted by molar-refractivity contribution is 0.282. The van der Waals surface area contributed by atoms with Gasteiger partial charge in [-0.2, -0.15) is 5.10 Å². The largest absolute Gasteiger partial charge is 0.392 e. The summed E-state index contributed by atoms with van der Waals surface area (Å²) in [5, 5.41) is 14.6. The molecule has 3 nitrogen and oxygen atoms in total. The van der Waals surface area contributed by atoms with Crippen LogP contribution in [0.5, 0.6) is 0 Å². The van der Waals surface area contributed by atoms with Crippen LogP contribution in [0.2, 0.25) is 0 Å². The van der Waals surface area contributed by atoms with E-state index in [1.165, 1.54) is 0 Å². The molecule has 0 atom stereocenters. The van der Waals surface area contributed by atoms with E-state index < -0.39 is 0 Å². The monoisotopic (exact) mass is 178 g/mol. The van der Waals surface area contributed by atoms with E-state index in [0.717, 1.165) is 11.1 Å². The van der Waals surface area contributed by atoms with E-state index in [-0.39, 0.29) is 6.61 Å². The number of benzene rings is 1. The van der Waals surface area contributed by atoms with Gasteiger partial charge in [-0.25, -0.2) is 0 Å². The molecule has 0 aromatic heterocycles. The molecule has 0 aliphatic rings. The zero-order valence-corrected chi connectivity index (χ0v) is 7.94. The standard InChI is InChI=1S/C10H14N2O/c1-12(2)11-7-9-3-5-10(8-13)6-4-9/h3-7,13H,8H2,1-2H3/b11-7+. The number of hydrogen-bond donors (Lipinski definition) is 1. The van der Waals surface area contributed by atoms with Crippen LogP contribution in [0.25, 0.3) is 0 Å². The number of hydrogen-bond acceptors (Lipinski definition) is 3. The van der Waals surface area contributed by atoms with Gasteiger partial charge < -0.3 is 10.1 Å². The molecule has 0 aliphatic heterocycles. The average molecular weight is 178 g/mol. The molecule has 0 fully saturated rings. The number of aliphatic hydroxyl groups is 1. The summed E-state index contributed by atoms with van der Waals surface area (Å²) in [4.78, 5) is 0. The Labute approximate surface area is 78.3 Å². The lowest BCUT2D eigenvalue weighted by Gasteiger charge is -2.02. The van der Waals surface area contributed by atoms with Crippen molar-refractivity contribution in [2.75, 3.05) is 14.1 Å². The van der Waals surface area contributed by atoms with Crippen LogP contribution in [0.15, 0.2) is 29.4 Å². The van der Waals surface area contributed by atoms with Crippen LogP contribution in [-0.4, -0.2) is 30.4 Å². The topological polar surface area (TPSA) is 35.8 Å². The number of hydrazone groups is 1. The summed E-state index contributed by atoms with van der Waals surface area (Å²) < 4.78 is 0. The molecule has 0 unspecified atom stereocenters. The highest BCUT2D eigenvalue weighted by Gasteiger charge is 1.90. The molecule has 1 N–H and O–H groups in total. The zero-order chi connectivity index (χ0) is 9.68. The predicted octanol–water partition coefficient (Wildman–Crippen LogP) is 1.07. The normalized spacial score (nSPS) is 10.7. The van der Waals surface area contributed by atoms with E-state index in [9.17, 15) is 0 Å². The van der Waals surface area contributed by atoms with Crippen molar-refractivity contribution in [2.24, 2.45) is 5.10 Å². The van der Waals surface area contributed by atoms with E-state index in [0.29, 0.717) is 0 Å². The van der Waals surface area contributed by atoms with Gasteiger partial charge in [0.25, 0.3) is 0 Å². The fourth-order valence-electron chi connectivity index (χ4n) is 0.891. The zero-order valence-electron chi connectivity index (χ0n) is 7.94. The lowest BCUT2D eigenvalue weighted by atomic mass is 10.2. The molecule has 3 heteroatoms. The summed E-state index contributed by atoms with van der Waals surface area (Å²) in [5.74, 6) is 0. The first-order chi connectivity index (χ1) is 6.22. The van der Waals surface area contributed by atoms with Gasteiger partial charge in [0.2, 0.25) is 0 Å². The Kier molecular flexibility index (Phi) is 3.46. The number of rotatable bonds is 3. The summed E-state index contributed by atoms with van der Waals surface area (Å²) in [6.45, 7) is 0.0884. The molecule has 0 bridgehead atoms. The quantitative estimate of drug-likeness (QED) is 0.555. The van der Waals surface area contributed by atoms with Gasteiger partial charge in [-0.3, -0.25) is 0 Å². The Morgan fingerprint density at radius 3 is 2.38 bits per heavy atom. The van der Waals surface area contributed by atoms with E-state index in [1.54, 1.807) is 11.2 Å². The van der Waals surface area contributed by atoms with Gasteiger partial charge >= 0.3 is 0 Å². The van der Waals surface area contributed by atoms with Crippen LogP contribution in [0.3, 0.4) is 0 Å². The Morgan fingerprint density at radius 1 is 1.31 bits per heavy atom. The molecule has 1 aromatic rings. The minimum Gasteiger partial charge on any atom is -0.392 e. The summed E-state index contributed by atoms with van der Waals surface area (Å²) in [7, 11) is 3.75. The van der Waals surface area contributed by atoms with Crippen LogP contribution < -0.4 is 0 Å². The smallest absolute Gasteiger partial charge is 0.0681 e. The molecule has 1 aromatic carbocycles. The Bertz CT molecular complexity index is 277. The van der Waals surface area contributed by atoms with Crippen molar-refractivity contribution in [1.29, 1.82) is 0 Å². The van der Waals surface area contributed by atoms with Crippen LogP contribution in [0.4, 0.5) is 0 Å². The van der Waals surface area contributed by atoms with Crippen LogP contribution in [0.1, 0.15) is 11.1 Å². The first-order valence-corrected chi connectivity index (χ1v) is 4.13. The van der Waals surface area contributed by atoms with E-state index in [1.807, 2.05) is 38.4 Å². The molecule has 0 amide bonds. The number of aliphatic hydroxyl groups excluding tert-OH is 1. The Morgan fingerprint density at radius 2 is 1.92 bits per heavy atom. The maximum absolute atomic E-state index is 8.80. The van der Waals surface area contributed by atoms with Gasteiger partial charge in [-0.15, -0.1) is 0 Å². The molecule has 0 radical (unpaired) electrons. The van der Waals surface area contributed by atoms with Crippen molar-refractivity contribution in [1.82, 2.24) is 5.01 Å². The highest BCUT2D eigenvalue weighted by molar-refractivity contribution is 5.79. The fraction of sp³-hybridized carbons (Fsp3) is 0.300. The maximum atomic E-state index is 8.80. The lowest BCUT2D eigenvalue weighted by Crippen LogP contribution is -2.01. The molecule has 0 saturated heterocycles. The molecule has 70 valence electrons. The van der Waals surface area contributed by atoms with Gasteiger partial charge in [0.15, 0.2) is 0 Å². The Hall–Kier alpha value is -1.35. The van der Waals surface area contributed by atoms with Crippen LogP contribution >= 0.6 is 0 Å². The van der Waals surface area contributed by atoms with Gasteiger partial charge in [-0.1, -0.05) is 24.3 Å². The van der Waals surface area contributed by atoms with Gasteiger partial charge in [-0.05, 0) is 11.1 Å². The minimum atomic E-state index is 0.0884. The third kappa shape index (κ3) is 3.25. The molecule has 13 heavy (non-hydrogen) atoms. The van der Waals surface area contributed by atoms with E-state index >= 15 is 0 Å². The third-order valence-corrected chi connectivity index (χ3v) is 1.60. The van der Waals surface area contributed by atoms with Gasteiger partial charge in [0.05, 0.1) is 12.8 Å². The molecular formula is C10H14N2O. The second kappa shape index (κ2) is 4.62. The van der Waals surface area contributed by atoms with Crippen molar-refractivity contribution < 1.29 is 5.11 Å². The van der Waals surface area contributed by atoms with Crippen LogP contribution in [0, 0.1) is 0 Å². The Balaban J connectivity index is 2.69. The summed E-state index contributed by atoms with van der Waals surface area (Å²) in [6.07, 6.45) is 1.78. The average Bonchev–Trinajstić information content (AvgIpc) is 2.15. The first kappa shape index (κ1) is 9.74. The maximum Gasteiger partial charge on any atom is 0.0681 e. The van der Waals surface area contributed by atoms with E-state index in [4.69, 9.17) is 5.11 Å². The summed E-state index contributed by atoms with van der Waals surface area (Å²) >= 11 is 0. The van der Waals surface area contributed by atoms with Crippen molar-refractivity contribution in [3.05, 3.63) is 35.4 Å². The molecular weight excluding hydrogens is 164 g/mol. The fourth-order valence-corrected chi connectivity index (χ4v) is 0.891. The molecule has 0 saturated carbocycles. The SMILES string of the molecule is CN(C)/N=C/c1ccc(CO)cc1. The van der Waals surface area contributed by atoms with Crippen molar-refractivity contribution in [3.63, 3.8) is 0 Å². The first-order valence-electron chi connectivity index (χ1n) is 4.13. The molecule has 0 aliphatic carbocycles. The van der Waals surface area contributed by atoms with E-state index in [2.05, 4.69) is 5.10 Å². The minimum absolute atomic E-state index is 0.0884. The van der Waals surface area contributed by atoms with Crippen molar-refractivity contribution in [3.8, 4) is 0 Å².